The highest BCUT2D eigenvalue weighted by atomic mass is 16.5. The lowest BCUT2D eigenvalue weighted by atomic mass is 10.0. The molecule has 0 aromatic heterocycles. The zero-order valence-corrected chi connectivity index (χ0v) is 17.4. The van der Waals surface area contributed by atoms with E-state index in [1.54, 1.807) is 55.6 Å². The Morgan fingerprint density at radius 1 is 1.03 bits per heavy atom. The van der Waals surface area contributed by atoms with Crippen LogP contribution in [0.1, 0.15) is 41.7 Å². The lowest BCUT2D eigenvalue weighted by Crippen LogP contribution is -2.31. The van der Waals surface area contributed by atoms with Crippen LogP contribution in [-0.2, 0) is 14.4 Å². The average Bonchev–Trinajstić information content (AvgIpc) is 2.73. The van der Waals surface area contributed by atoms with Crippen molar-refractivity contribution in [1.29, 1.82) is 0 Å². The van der Waals surface area contributed by atoms with Crippen LogP contribution in [0.3, 0.4) is 0 Å². The zero-order valence-electron chi connectivity index (χ0n) is 17.4. The molecule has 1 unspecified atom stereocenters. The van der Waals surface area contributed by atoms with Crippen molar-refractivity contribution in [2.75, 3.05) is 19.0 Å². The van der Waals surface area contributed by atoms with Crippen LogP contribution in [0.2, 0.25) is 0 Å². The van der Waals surface area contributed by atoms with Crippen molar-refractivity contribution in [3.8, 4) is 5.75 Å². The number of benzene rings is 2. The van der Waals surface area contributed by atoms with Gasteiger partial charge in [0.25, 0.3) is 5.91 Å². The lowest BCUT2D eigenvalue weighted by molar-refractivity contribution is -0.121. The number of hydrogen-bond acceptors (Lipinski definition) is 5. The van der Waals surface area contributed by atoms with Crippen LogP contribution in [0.15, 0.2) is 48.5 Å². The second-order valence-electron chi connectivity index (χ2n) is 6.80. The Kier molecular flexibility index (Phi) is 8.56. The normalized spacial score (nSPS) is 11.2. The SMILES string of the molecule is COc1ccc(C(CC(=O)Nc2ccccc2C(=O)NCCC(N)=O)NC(C)=O)cc1. The molecule has 4 amide bonds. The molecule has 0 bridgehead atoms. The van der Waals surface area contributed by atoms with Crippen LogP contribution in [0, 0.1) is 0 Å². The van der Waals surface area contributed by atoms with Crippen LogP contribution >= 0.6 is 0 Å². The molecular weight excluding hydrogens is 400 g/mol. The molecule has 0 fully saturated rings. The van der Waals surface area contributed by atoms with Gasteiger partial charge in [0, 0.05) is 19.9 Å². The summed E-state index contributed by atoms with van der Waals surface area (Å²) >= 11 is 0. The predicted molar refractivity (Wildman–Crippen MR) is 115 cm³/mol. The summed E-state index contributed by atoms with van der Waals surface area (Å²) in [5, 5.41) is 8.07. The smallest absolute Gasteiger partial charge is 0.253 e. The van der Waals surface area contributed by atoms with Crippen molar-refractivity contribution in [3.05, 3.63) is 59.7 Å². The summed E-state index contributed by atoms with van der Waals surface area (Å²) in [6, 6.07) is 13.0. The number of carbonyl (C=O) groups is 4. The van der Waals surface area contributed by atoms with E-state index < -0.39 is 17.9 Å². The van der Waals surface area contributed by atoms with E-state index in [4.69, 9.17) is 10.5 Å². The molecule has 0 heterocycles. The molecule has 0 spiro atoms. The minimum atomic E-state index is -0.556. The first-order chi connectivity index (χ1) is 14.8. The first kappa shape index (κ1) is 23.4. The Balaban J connectivity index is 2.10. The van der Waals surface area contributed by atoms with Gasteiger partial charge in [-0.25, -0.2) is 0 Å². The number of primary amides is 1. The zero-order chi connectivity index (χ0) is 22.8. The molecule has 0 saturated heterocycles. The second-order valence-corrected chi connectivity index (χ2v) is 6.80. The molecule has 2 rings (SSSR count). The standard InChI is InChI=1S/C22H26N4O5/c1-14(27)25-19(15-7-9-16(31-2)10-8-15)13-21(29)26-18-6-4-3-5-17(18)22(30)24-12-11-20(23)28/h3-10,19H,11-13H2,1-2H3,(H2,23,28)(H,24,30)(H,25,27)(H,26,29). The molecule has 31 heavy (non-hydrogen) atoms. The Morgan fingerprint density at radius 2 is 1.71 bits per heavy atom. The van der Waals surface area contributed by atoms with Crippen LogP contribution in [0.5, 0.6) is 5.75 Å². The van der Waals surface area contributed by atoms with E-state index >= 15 is 0 Å². The highest BCUT2D eigenvalue weighted by Crippen LogP contribution is 2.22. The molecule has 0 saturated carbocycles. The minimum absolute atomic E-state index is 0.0144. The number of rotatable bonds is 10. The third-order valence-corrected chi connectivity index (χ3v) is 4.39. The van der Waals surface area contributed by atoms with E-state index in [1.165, 1.54) is 6.92 Å². The van der Waals surface area contributed by atoms with Crippen molar-refractivity contribution in [3.63, 3.8) is 0 Å². The number of nitrogens with two attached hydrogens (primary N) is 1. The topological polar surface area (TPSA) is 140 Å². The highest BCUT2D eigenvalue weighted by molar-refractivity contribution is 6.04. The molecule has 0 radical (unpaired) electrons. The van der Waals surface area contributed by atoms with Gasteiger partial charge in [-0.15, -0.1) is 0 Å². The van der Waals surface area contributed by atoms with Gasteiger partial charge in [-0.2, -0.15) is 0 Å². The van der Waals surface area contributed by atoms with E-state index in [0.29, 0.717) is 11.4 Å². The maximum atomic E-state index is 12.7. The molecular formula is C22H26N4O5. The largest absolute Gasteiger partial charge is 0.497 e. The third-order valence-electron chi connectivity index (χ3n) is 4.39. The fourth-order valence-electron chi connectivity index (χ4n) is 2.91. The Hall–Kier alpha value is -3.88. The van der Waals surface area contributed by atoms with Gasteiger partial charge in [0.1, 0.15) is 5.75 Å². The molecule has 5 N–H and O–H groups in total. The summed E-state index contributed by atoms with van der Waals surface area (Å²) < 4.78 is 5.14. The van der Waals surface area contributed by atoms with Crippen LogP contribution in [-0.4, -0.2) is 37.3 Å². The molecule has 2 aromatic rings. The van der Waals surface area contributed by atoms with E-state index in [1.807, 2.05) is 0 Å². The first-order valence-corrected chi connectivity index (χ1v) is 9.66. The van der Waals surface area contributed by atoms with Gasteiger partial charge in [-0.05, 0) is 29.8 Å². The van der Waals surface area contributed by atoms with Gasteiger partial charge < -0.3 is 26.4 Å². The first-order valence-electron chi connectivity index (χ1n) is 9.66. The quantitative estimate of drug-likeness (QED) is 0.456. The predicted octanol–water partition coefficient (Wildman–Crippen LogP) is 1.51. The van der Waals surface area contributed by atoms with Crippen molar-refractivity contribution >= 4 is 29.3 Å². The molecule has 2 aromatic carbocycles. The fourth-order valence-corrected chi connectivity index (χ4v) is 2.91. The number of nitrogens with one attached hydrogen (secondary N) is 3. The van der Waals surface area contributed by atoms with Crippen LogP contribution in [0.25, 0.3) is 0 Å². The highest BCUT2D eigenvalue weighted by Gasteiger charge is 2.19. The van der Waals surface area contributed by atoms with Gasteiger partial charge in [0.15, 0.2) is 0 Å². The van der Waals surface area contributed by atoms with Gasteiger partial charge >= 0.3 is 0 Å². The van der Waals surface area contributed by atoms with Crippen LogP contribution in [0.4, 0.5) is 5.69 Å². The number of ether oxygens (including phenoxy) is 1. The molecule has 164 valence electrons. The molecule has 1 atom stereocenters. The summed E-state index contributed by atoms with van der Waals surface area (Å²) in [6.45, 7) is 1.47. The molecule has 0 aliphatic rings. The van der Waals surface area contributed by atoms with Crippen molar-refractivity contribution < 1.29 is 23.9 Å². The van der Waals surface area contributed by atoms with Gasteiger partial charge in [-0.1, -0.05) is 24.3 Å². The number of hydrogen-bond donors (Lipinski definition) is 4. The van der Waals surface area contributed by atoms with Crippen molar-refractivity contribution in [1.82, 2.24) is 10.6 Å². The molecule has 9 heteroatoms. The number of methoxy groups -OCH3 is 1. The van der Waals surface area contributed by atoms with E-state index in [-0.39, 0.29) is 36.8 Å². The summed E-state index contributed by atoms with van der Waals surface area (Å²) in [6.07, 6.45) is -0.0237. The summed E-state index contributed by atoms with van der Waals surface area (Å²) in [5.41, 5.74) is 6.38. The second kappa shape index (κ2) is 11.3. The summed E-state index contributed by atoms with van der Waals surface area (Å²) in [5.74, 6) is -0.962. The van der Waals surface area contributed by atoms with Crippen molar-refractivity contribution in [2.45, 2.75) is 25.8 Å². The van der Waals surface area contributed by atoms with Gasteiger partial charge in [0.2, 0.25) is 17.7 Å². The van der Waals surface area contributed by atoms with E-state index in [0.717, 1.165) is 5.56 Å². The van der Waals surface area contributed by atoms with E-state index in [9.17, 15) is 19.2 Å². The molecule has 0 aliphatic heterocycles. The summed E-state index contributed by atoms with van der Waals surface area (Å²) in [7, 11) is 1.55. The fraction of sp³-hybridized carbons (Fsp3) is 0.273. The lowest BCUT2D eigenvalue weighted by Gasteiger charge is -2.19. The monoisotopic (exact) mass is 426 g/mol. The minimum Gasteiger partial charge on any atom is -0.497 e. The Morgan fingerprint density at radius 3 is 2.32 bits per heavy atom. The van der Waals surface area contributed by atoms with E-state index in [2.05, 4.69) is 16.0 Å². The van der Waals surface area contributed by atoms with Crippen LogP contribution < -0.4 is 26.4 Å². The number of carbonyl (C=O) groups excluding carboxylic acids is 4. The Bertz CT molecular complexity index is 943. The summed E-state index contributed by atoms with van der Waals surface area (Å²) in [4.78, 5) is 47.6. The number of anilines is 1. The molecule has 0 aliphatic carbocycles. The average molecular weight is 426 g/mol. The third kappa shape index (κ3) is 7.46. The van der Waals surface area contributed by atoms with Gasteiger partial charge in [-0.3, -0.25) is 19.2 Å². The number of para-hydroxylation sites is 1. The van der Waals surface area contributed by atoms with Crippen molar-refractivity contribution in [2.24, 2.45) is 5.73 Å². The van der Waals surface area contributed by atoms with Gasteiger partial charge in [0.05, 0.1) is 30.8 Å². The Labute approximate surface area is 180 Å². The molecule has 9 nitrogen and oxygen atoms in total. The maximum Gasteiger partial charge on any atom is 0.253 e. The number of amides is 4. The maximum absolute atomic E-state index is 12.7.